The molecule has 0 spiro atoms. The van der Waals surface area contributed by atoms with Gasteiger partial charge in [0.15, 0.2) is 6.19 Å². The van der Waals surface area contributed by atoms with Crippen molar-refractivity contribution in [2.75, 3.05) is 24.3 Å². The molecule has 1 aromatic rings. The molecule has 156 valence electrons. The monoisotopic (exact) mass is 463 g/mol. The molecule has 1 aromatic carbocycles. The third-order valence-electron chi connectivity index (χ3n) is 6.13. The minimum Gasteiger partial charge on any atom is -0.469 e. The predicted octanol–water partition coefficient (Wildman–Crippen LogP) is 2.81. The Morgan fingerprint density at radius 1 is 1.38 bits per heavy atom. The molecule has 29 heavy (non-hydrogen) atoms. The van der Waals surface area contributed by atoms with Crippen molar-refractivity contribution in [3.05, 3.63) is 29.8 Å². The van der Waals surface area contributed by atoms with Gasteiger partial charge in [0.1, 0.15) is 0 Å². The van der Waals surface area contributed by atoms with Crippen LogP contribution in [0.15, 0.2) is 24.3 Å². The molecule has 2 N–H and O–H groups in total. The molecule has 7 nitrogen and oxygen atoms in total. The summed E-state index contributed by atoms with van der Waals surface area (Å²) in [4.78, 5) is 26.3. The molecule has 0 bridgehead atoms. The topological polar surface area (TPSA) is 103 Å². The van der Waals surface area contributed by atoms with Gasteiger partial charge in [-0.3, -0.25) is 9.59 Å². The Kier molecular flexibility index (Phi) is 7.14. The van der Waals surface area contributed by atoms with Crippen LogP contribution < -0.4 is 5.32 Å². The zero-order valence-electron chi connectivity index (χ0n) is 16.4. The molecule has 3 rings (SSSR count). The summed E-state index contributed by atoms with van der Waals surface area (Å²) in [5.41, 5.74) is 1.52. The van der Waals surface area contributed by atoms with Gasteiger partial charge in [-0.1, -0.05) is 34.1 Å². The number of rotatable bonds is 5. The van der Waals surface area contributed by atoms with Gasteiger partial charge in [-0.15, -0.1) is 0 Å². The molecule has 1 heterocycles. The SMILES string of the molecule is COC(=O)[C@@H]1[C@H]2C[C@@H](c3ccccc3NC(=O)CCBr)N(C#N)C[C@@H]2CC[C@@H]1O. The van der Waals surface area contributed by atoms with Gasteiger partial charge in [-0.05, 0) is 42.7 Å². The summed E-state index contributed by atoms with van der Waals surface area (Å²) < 4.78 is 4.97. The first-order chi connectivity index (χ1) is 14.0. The number of aliphatic hydroxyl groups excluding tert-OH is 1. The van der Waals surface area contributed by atoms with E-state index in [2.05, 4.69) is 27.4 Å². The maximum atomic E-state index is 12.4. The van der Waals surface area contributed by atoms with Gasteiger partial charge < -0.3 is 20.1 Å². The number of aliphatic hydroxyl groups is 1. The minimum atomic E-state index is -0.730. The Balaban J connectivity index is 1.92. The van der Waals surface area contributed by atoms with Crippen molar-refractivity contribution < 1.29 is 19.4 Å². The second-order valence-corrected chi connectivity index (χ2v) is 8.49. The average molecular weight is 464 g/mol. The van der Waals surface area contributed by atoms with Crippen molar-refractivity contribution in [2.45, 2.75) is 37.8 Å². The van der Waals surface area contributed by atoms with E-state index in [0.29, 0.717) is 36.8 Å². The number of methoxy groups -OCH3 is 1. The molecule has 1 saturated heterocycles. The quantitative estimate of drug-likeness (QED) is 0.395. The second kappa shape index (κ2) is 9.59. The zero-order valence-corrected chi connectivity index (χ0v) is 18.0. The number of amides is 1. The maximum absolute atomic E-state index is 12.4. The molecule has 0 unspecified atom stereocenters. The van der Waals surface area contributed by atoms with Crippen LogP contribution >= 0.6 is 15.9 Å². The molecular weight excluding hydrogens is 438 g/mol. The summed E-state index contributed by atoms with van der Waals surface area (Å²) >= 11 is 3.27. The molecule has 2 aliphatic rings. The highest BCUT2D eigenvalue weighted by molar-refractivity contribution is 9.09. The number of fused-ring (bicyclic) bond motifs is 1. The van der Waals surface area contributed by atoms with Crippen LogP contribution in [0, 0.1) is 29.2 Å². The first-order valence-corrected chi connectivity index (χ1v) is 11.0. The molecule has 1 aliphatic carbocycles. The number of likely N-dealkylation sites (tertiary alicyclic amines) is 1. The van der Waals surface area contributed by atoms with E-state index in [1.807, 2.05) is 24.3 Å². The number of hydrogen-bond donors (Lipinski definition) is 2. The molecular formula is C21H26BrN3O4. The number of hydrogen-bond acceptors (Lipinski definition) is 6. The van der Waals surface area contributed by atoms with E-state index in [9.17, 15) is 20.0 Å². The number of halogens is 1. The lowest BCUT2D eigenvalue weighted by molar-refractivity contribution is -0.159. The molecule has 2 fully saturated rings. The van der Waals surface area contributed by atoms with E-state index in [-0.39, 0.29) is 23.8 Å². The molecule has 1 saturated carbocycles. The molecule has 1 amide bonds. The van der Waals surface area contributed by atoms with Crippen LogP contribution in [0.4, 0.5) is 5.69 Å². The van der Waals surface area contributed by atoms with Crippen molar-refractivity contribution in [2.24, 2.45) is 17.8 Å². The Labute approximate surface area is 179 Å². The van der Waals surface area contributed by atoms with Gasteiger partial charge in [-0.25, -0.2) is 0 Å². The first-order valence-electron chi connectivity index (χ1n) is 9.87. The lowest BCUT2D eigenvalue weighted by atomic mass is 9.65. The Hall–Kier alpha value is -2.11. The van der Waals surface area contributed by atoms with Gasteiger partial charge in [-0.2, -0.15) is 5.26 Å². The van der Waals surface area contributed by atoms with E-state index in [0.717, 1.165) is 12.0 Å². The zero-order chi connectivity index (χ0) is 21.0. The van der Waals surface area contributed by atoms with Crippen LogP contribution in [0.5, 0.6) is 0 Å². The van der Waals surface area contributed by atoms with Crippen molar-refractivity contribution in [1.82, 2.24) is 4.90 Å². The normalized spacial score (nSPS) is 28.8. The third-order valence-corrected chi connectivity index (χ3v) is 6.53. The number of para-hydroxylation sites is 1. The number of carbonyl (C=O) groups is 2. The highest BCUT2D eigenvalue weighted by Crippen LogP contribution is 2.47. The highest BCUT2D eigenvalue weighted by atomic mass is 79.9. The fraction of sp³-hybridized carbons (Fsp3) is 0.571. The fourth-order valence-corrected chi connectivity index (χ4v) is 5.12. The smallest absolute Gasteiger partial charge is 0.311 e. The molecule has 8 heteroatoms. The van der Waals surface area contributed by atoms with Crippen molar-refractivity contribution >= 4 is 33.5 Å². The maximum Gasteiger partial charge on any atom is 0.311 e. The summed E-state index contributed by atoms with van der Waals surface area (Å²) in [5.74, 6) is -1.01. The summed E-state index contributed by atoms with van der Waals surface area (Å²) in [6.45, 7) is 0.524. The number of ether oxygens (including phenoxy) is 1. The molecule has 0 radical (unpaired) electrons. The molecule has 1 aliphatic heterocycles. The van der Waals surface area contributed by atoms with Crippen molar-refractivity contribution in [1.29, 1.82) is 5.26 Å². The van der Waals surface area contributed by atoms with Gasteiger partial charge in [0.2, 0.25) is 5.91 Å². The molecule has 0 aromatic heterocycles. The van der Waals surface area contributed by atoms with Crippen LogP contribution in [-0.4, -0.2) is 47.0 Å². The number of anilines is 1. The van der Waals surface area contributed by atoms with Crippen LogP contribution in [0.2, 0.25) is 0 Å². The summed E-state index contributed by atoms with van der Waals surface area (Å²) in [6, 6.07) is 7.18. The van der Waals surface area contributed by atoms with Gasteiger partial charge in [0.05, 0.1) is 25.2 Å². The standard InChI is InChI=1S/C21H26BrN3O4/c1-29-21(28)20-15-10-17(25(12-23)11-13(15)6-7-18(20)26)14-4-2-3-5-16(14)24-19(27)8-9-22/h2-5,13,15,17-18,20,26H,6-11H2,1H3,(H,24,27)/t13-,15-,17-,18-,20+/m0/s1. The third kappa shape index (κ3) is 4.57. The largest absolute Gasteiger partial charge is 0.469 e. The number of nitriles is 1. The number of esters is 1. The number of carbonyl (C=O) groups excluding carboxylic acids is 2. The predicted molar refractivity (Wildman–Crippen MR) is 111 cm³/mol. The number of piperidine rings is 1. The van der Waals surface area contributed by atoms with E-state index in [4.69, 9.17) is 4.74 Å². The number of nitrogens with zero attached hydrogens (tertiary/aromatic N) is 2. The van der Waals surface area contributed by atoms with Gasteiger partial charge >= 0.3 is 5.97 Å². The first kappa shape index (κ1) is 21.6. The van der Waals surface area contributed by atoms with E-state index < -0.39 is 18.0 Å². The Morgan fingerprint density at radius 2 is 2.14 bits per heavy atom. The minimum absolute atomic E-state index is 0.0768. The number of alkyl halides is 1. The highest BCUT2D eigenvalue weighted by Gasteiger charge is 2.48. The van der Waals surface area contributed by atoms with E-state index in [1.165, 1.54) is 7.11 Å². The van der Waals surface area contributed by atoms with Crippen LogP contribution in [0.25, 0.3) is 0 Å². The van der Waals surface area contributed by atoms with Crippen LogP contribution in [0.1, 0.15) is 37.3 Å². The molecule has 5 atom stereocenters. The van der Waals surface area contributed by atoms with Crippen LogP contribution in [0.3, 0.4) is 0 Å². The summed E-state index contributed by atoms with van der Waals surface area (Å²) in [7, 11) is 1.34. The Bertz CT molecular complexity index is 796. The van der Waals surface area contributed by atoms with Gasteiger partial charge in [0.25, 0.3) is 0 Å². The number of nitrogens with one attached hydrogen (secondary N) is 1. The average Bonchev–Trinajstić information content (AvgIpc) is 2.73. The summed E-state index contributed by atoms with van der Waals surface area (Å²) in [5, 5.41) is 23.8. The van der Waals surface area contributed by atoms with Crippen molar-refractivity contribution in [3.8, 4) is 6.19 Å². The number of benzene rings is 1. The lowest BCUT2D eigenvalue weighted by Gasteiger charge is -2.48. The van der Waals surface area contributed by atoms with Crippen LogP contribution in [-0.2, 0) is 14.3 Å². The summed E-state index contributed by atoms with van der Waals surface area (Å²) in [6.07, 6.45) is 3.76. The van der Waals surface area contributed by atoms with E-state index >= 15 is 0 Å². The van der Waals surface area contributed by atoms with Crippen molar-refractivity contribution in [3.63, 3.8) is 0 Å². The Morgan fingerprint density at radius 3 is 2.83 bits per heavy atom. The van der Waals surface area contributed by atoms with E-state index in [1.54, 1.807) is 4.90 Å². The van der Waals surface area contributed by atoms with Gasteiger partial charge in [0, 0.05) is 24.0 Å². The lowest BCUT2D eigenvalue weighted by Crippen LogP contribution is -2.51. The second-order valence-electron chi connectivity index (χ2n) is 7.70. The fourth-order valence-electron chi connectivity index (χ4n) is 4.76.